The Bertz CT molecular complexity index is 569. The topological polar surface area (TPSA) is 38.9 Å². The van der Waals surface area contributed by atoms with Gasteiger partial charge < -0.3 is 5.73 Å². The average Bonchev–Trinajstić information content (AvgIpc) is 2.77. The number of thiophene rings is 1. The lowest BCUT2D eigenvalue weighted by atomic mass is 9.82. The number of fused-ring (bicyclic) bond motifs is 1. The summed E-state index contributed by atoms with van der Waals surface area (Å²) in [5.74, 6) is 0.377. The van der Waals surface area contributed by atoms with Crippen molar-refractivity contribution in [2.45, 2.75) is 45.1 Å². The van der Waals surface area contributed by atoms with E-state index in [4.69, 9.17) is 5.73 Å². The number of pyridine rings is 1. The quantitative estimate of drug-likeness (QED) is 0.901. The van der Waals surface area contributed by atoms with Crippen LogP contribution in [0.2, 0.25) is 0 Å². The lowest BCUT2D eigenvalue weighted by Gasteiger charge is -2.28. The molecule has 1 aliphatic rings. The van der Waals surface area contributed by atoms with Crippen molar-refractivity contribution in [3.63, 3.8) is 0 Å². The van der Waals surface area contributed by atoms with Crippen LogP contribution < -0.4 is 5.73 Å². The van der Waals surface area contributed by atoms with Gasteiger partial charge in [-0.2, -0.15) is 0 Å². The van der Waals surface area contributed by atoms with E-state index in [9.17, 15) is 0 Å². The predicted molar refractivity (Wildman–Crippen MR) is 80.6 cm³/mol. The lowest BCUT2D eigenvalue weighted by Crippen LogP contribution is -2.23. The molecule has 19 heavy (non-hydrogen) atoms. The molecule has 0 amide bonds. The molecule has 0 fully saturated rings. The fourth-order valence-corrected chi connectivity index (χ4v) is 4.07. The molecule has 3 heteroatoms. The molecule has 2 aromatic rings. The van der Waals surface area contributed by atoms with Crippen LogP contribution in [0.3, 0.4) is 0 Å². The van der Waals surface area contributed by atoms with Crippen LogP contribution in [-0.4, -0.2) is 4.98 Å². The zero-order valence-corrected chi connectivity index (χ0v) is 12.3. The minimum atomic E-state index is 0.0892. The third-order valence-electron chi connectivity index (χ3n) is 4.19. The second-order valence-corrected chi connectivity index (χ2v) is 6.75. The van der Waals surface area contributed by atoms with Crippen LogP contribution in [0.1, 0.15) is 51.4 Å². The third-order valence-corrected chi connectivity index (χ3v) is 5.44. The number of rotatable bonds is 2. The Labute approximate surface area is 118 Å². The summed E-state index contributed by atoms with van der Waals surface area (Å²) in [5, 5.41) is 0. The highest BCUT2D eigenvalue weighted by atomic mass is 32.1. The molecule has 3 rings (SSSR count). The van der Waals surface area contributed by atoms with Crippen molar-refractivity contribution >= 4 is 11.3 Å². The van der Waals surface area contributed by atoms with Gasteiger partial charge >= 0.3 is 0 Å². The Kier molecular flexibility index (Phi) is 3.42. The summed E-state index contributed by atoms with van der Waals surface area (Å²) in [4.78, 5) is 7.28. The van der Waals surface area contributed by atoms with Gasteiger partial charge in [-0.15, -0.1) is 11.3 Å². The number of aromatic nitrogens is 1. The SMILES string of the molecule is Cc1cc(C(N)C2CCCc3cccnc32)sc1C. The maximum Gasteiger partial charge on any atom is 0.0485 e. The normalized spacial score (nSPS) is 20.1. The van der Waals surface area contributed by atoms with E-state index in [2.05, 4.69) is 31.0 Å². The lowest BCUT2D eigenvalue weighted by molar-refractivity contribution is 0.467. The summed E-state index contributed by atoms with van der Waals surface area (Å²) in [6.45, 7) is 4.33. The monoisotopic (exact) mass is 272 g/mol. The smallest absolute Gasteiger partial charge is 0.0485 e. The molecule has 2 unspecified atom stereocenters. The molecule has 0 saturated heterocycles. The molecule has 2 N–H and O–H groups in total. The largest absolute Gasteiger partial charge is 0.323 e. The van der Waals surface area contributed by atoms with Gasteiger partial charge in [-0.3, -0.25) is 4.98 Å². The van der Waals surface area contributed by atoms with Crippen LogP contribution in [-0.2, 0) is 6.42 Å². The Balaban J connectivity index is 1.95. The molecule has 0 saturated carbocycles. The number of hydrogen-bond acceptors (Lipinski definition) is 3. The molecule has 0 radical (unpaired) electrons. The first-order valence-electron chi connectivity index (χ1n) is 6.93. The van der Waals surface area contributed by atoms with Gasteiger partial charge in [0.1, 0.15) is 0 Å². The molecule has 0 aromatic carbocycles. The first kappa shape index (κ1) is 12.8. The van der Waals surface area contributed by atoms with Gasteiger partial charge in [0.05, 0.1) is 0 Å². The summed E-state index contributed by atoms with van der Waals surface area (Å²) in [6.07, 6.45) is 5.42. The number of aryl methyl sites for hydroxylation is 3. The van der Waals surface area contributed by atoms with Crippen molar-refractivity contribution in [1.29, 1.82) is 0 Å². The van der Waals surface area contributed by atoms with Gasteiger partial charge in [0.25, 0.3) is 0 Å². The molecule has 2 aromatic heterocycles. The molecule has 2 atom stereocenters. The zero-order chi connectivity index (χ0) is 13.4. The summed E-state index contributed by atoms with van der Waals surface area (Å²) >= 11 is 1.84. The Morgan fingerprint density at radius 3 is 3.00 bits per heavy atom. The average molecular weight is 272 g/mol. The Morgan fingerprint density at radius 1 is 1.42 bits per heavy atom. The van der Waals surface area contributed by atoms with Gasteiger partial charge in [-0.25, -0.2) is 0 Å². The van der Waals surface area contributed by atoms with Crippen LogP contribution in [0.4, 0.5) is 0 Å². The van der Waals surface area contributed by atoms with Crippen LogP contribution in [0.15, 0.2) is 24.4 Å². The van der Waals surface area contributed by atoms with Crippen LogP contribution in [0.25, 0.3) is 0 Å². The van der Waals surface area contributed by atoms with Gasteiger partial charge in [-0.05, 0) is 56.4 Å². The molecular weight excluding hydrogens is 252 g/mol. The summed E-state index contributed by atoms with van der Waals surface area (Å²) in [5.41, 5.74) is 10.5. The van der Waals surface area contributed by atoms with Crippen molar-refractivity contribution in [3.05, 3.63) is 51.0 Å². The van der Waals surface area contributed by atoms with E-state index < -0.39 is 0 Å². The molecule has 0 aliphatic heterocycles. The highest BCUT2D eigenvalue weighted by Crippen LogP contribution is 2.40. The highest BCUT2D eigenvalue weighted by Gasteiger charge is 2.28. The van der Waals surface area contributed by atoms with E-state index in [0.717, 1.165) is 12.8 Å². The Morgan fingerprint density at radius 2 is 2.26 bits per heavy atom. The molecule has 2 heterocycles. The third kappa shape index (κ3) is 2.33. The van der Waals surface area contributed by atoms with Crippen molar-refractivity contribution in [3.8, 4) is 0 Å². The molecule has 2 nitrogen and oxygen atoms in total. The maximum atomic E-state index is 6.54. The first-order chi connectivity index (χ1) is 9.16. The number of nitrogens with two attached hydrogens (primary N) is 1. The summed E-state index contributed by atoms with van der Waals surface area (Å²) < 4.78 is 0. The fourth-order valence-electron chi connectivity index (χ4n) is 2.96. The van der Waals surface area contributed by atoms with Gasteiger partial charge in [0, 0.05) is 33.6 Å². The molecule has 0 spiro atoms. The van der Waals surface area contributed by atoms with E-state index in [0.29, 0.717) is 5.92 Å². The second kappa shape index (κ2) is 5.06. The summed E-state index contributed by atoms with van der Waals surface area (Å²) in [7, 11) is 0. The molecule has 0 bridgehead atoms. The summed E-state index contributed by atoms with van der Waals surface area (Å²) in [6, 6.07) is 6.58. The van der Waals surface area contributed by atoms with Crippen LogP contribution in [0.5, 0.6) is 0 Å². The van der Waals surface area contributed by atoms with E-state index >= 15 is 0 Å². The van der Waals surface area contributed by atoms with Gasteiger partial charge in [0.2, 0.25) is 0 Å². The minimum Gasteiger partial charge on any atom is -0.323 e. The zero-order valence-electron chi connectivity index (χ0n) is 11.5. The van der Waals surface area contributed by atoms with E-state index in [1.165, 1.54) is 33.0 Å². The van der Waals surface area contributed by atoms with Crippen LogP contribution >= 0.6 is 11.3 Å². The number of nitrogens with zero attached hydrogens (tertiary/aromatic N) is 1. The van der Waals surface area contributed by atoms with Crippen molar-refractivity contribution < 1.29 is 0 Å². The van der Waals surface area contributed by atoms with Gasteiger partial charge in [0.15, 0.2) is 0 Å². The standard InChI is InChI=1S/C16H20N2S/c1-10-9-14(19-11(10)2)15(17)13-7-3-5-12-6-4-8-18-16(12)13/h4,6,8-9,13,15H,3,5,7,17H2,1-2H3. The van der Waals surface area contributed by atoms with Crippen LogP contribution in [0, 0.1) is 13.8 Å². The highest BCUT2D eigenvalue weighted by molar-refractivity contribution is 7.12. The second-order valence-electron chi connectivity index (χ2n) is 5.46. The van der Waals surface area contributed by atoms with Crippen molar-refractivity contribution in [2.24, 2.45) is 5.73 Å². The maximum absolute atomic E-state index is 6.54. The van der Waals surface area contributed by atoms with Gasteiger partial charge in [-0.1, -0.05) is 6.07 Å². The van der Waals surface area contributed by atoms with E-state index in [1.807, 2.05) is 23.6 Å². The first-order valence-corrected chi connectivity index (χ1v) is 7.75. The van der Waals surface area contributed by atoms with Crippen molar-refractivity contribution in [2.75, 3.05) is 0 Å². The Hall–Kier alpha value is -1.19. The minimum absolute atomic E-state index is 0.0892. The van der Waals surface area contributed by atoms with E-state index in [-0.39, 0.29) is 6.04 Å². The number of hydrogen-bond donors (Lipinski definition) is 1. The molecular formula is C16H20N2S. The van der Waals surface area contributed by atoms with Crippen molar-refractivity contribution in [1.82, 2.24) is 4.98 Å². The predicted octanol–water partition coefficient (Wildman–Crippen LogP) is 3.88. The fraction of sp³-hybridized carbons (Fsp3) is 0.438. The molecule has 100 valence electrons. The molecule has 1 aliphatic carbocycles. The van der Waals surface area contributed by atoms with E-state index in [1.54, 1.807) is 0 Å².